The number of hydrogen-bond donors (Lipinski definition) is 2. The summed E-state index contributed by atoms with van der Waals surface area (Å²) in [5.41, 5.74) is 5.22. The fourth-order valence-corrected chi connectivity index (χ4v) is 4.31. The topological polar surface area (TPSA) is 51.2 Å². The molecule has 3 aromatic rings. The monoisotopic (exact) mass is 296 g/mol. The summed E-state index contributed by atoms with van der Waals surface area (Å²) in [6.07, 6.45) is 0. The van der Waals surface area contributed by atoms with E-state index in [0.29, 0.717) is 5.92 Å². The first-order chi connectivity index (χ1) is 10.4. The average Bonchev–Trinajstić information content (AvgIpc) is 3.13. The van der Waals surface area contributed by atoms with Crippen LogP contribution in [0.4, 0.5) is 0 Å². The molecule has 106 valence electrons. The Hall–Kier alpha value is -1.75. The van der Waals surface area contributed by atoms with Crippen LogP contribution in [-0.2, 0) is 0 Å². The maximum absolute atomic E-state index is 6.00. The van der Waals surface area contributed by atoms with Gasteiger partial charge >= 0.3 is 0 Å². The van der Waals surface area contributed by atoms with E-state index < -0.39 is 0 Å². The van der Waals surface area contributed by atoms with Gasteiger partial charge < -0.3 is 4.42 Å². The molecule has 4 heteroatoms. The Bertz CT molecular complexity index is 750. The summed E-state index contributed by atoms with van der Waals surface area (Å²) >= 11 is 1.88. The van der Waals surface area contributed by atoms with Crippen molar-refractivity contribution in [3.05, 3.63) is 65.9 Å². The van der Waals surface area contributed by atoms with Gasteiger partial charge in [-0.15, -0.1) is 11.8 Å². The van der Waals surface area contributed by atoms with Crippen molar-refractivity contribution in [2.45, 2.75) is 16.9 Å². The highest BCUT2D eigenvalue weighted by atomic mass is 32.2. The molecular weight excluding hydrogens is 280 g/mol. The fourth-order valence-electron chi connectivity index (χ4n) is 3.02. The molecule has 1 aliphatic rings. The number of furan rings is 1. The molecule has 2 heterocycles. The van der Waals surface area contributed by atoms with Crippen molar-refractivity contribution in [2.24, 2.45) is 5.84 Å². The quantitative estimate of drug-likeness (QED) is 0.570. The molecule has 0 amide bonds. The molecular formula is C17H16N2OS. The Morgan fingerprint density at radius 2 is 1.95 bits per heavy atom. The predicted octanol–water partition coefficient (Wildman–Crippen LogP) is 3.83. The van der Waals surface area contributed by atoms with Gasteiger partial charge in [-0.1, -0.05) is 36.4 Å². The molecule has 21 heavy (non-hydrogen) atoms. The fraction of sp³-hybridized carbons (Fsp3) is 0.176. The Balaban J connectivity index is 1.75. The zero-order chi connectivity index (χ0) is 14.2. The van der Waals surface area contributed by atoms with Gasteiger partial charge in [0.1, 0.15) is 11.3 Å². The maximum atomic E-state index is 6.00. The highest BCUT2D eigenvalue weighted by molar-refractivity contribution is 7.99. The summed E-state index contributed by atoms with van der Waals surface area (Å²) in [4.78, 5) is 1.35. The third-order valence-electron chi connectivity index (χ3n) is 4.07. The lowest BCUT2D eigenvalue weighted by molar-refractivity contribution is 0.398. The van der Waals surface area contributed by atoms with Crippen molar-refractivity contribution in [3.8, 4) is 0 Å². The first kappa shape index (κ1) is 13.0. The van der Waals surface area contributed by atoms with Crippen LogP contribution in [0.2, 0.25) is 0 Å². The zero-order valence-corrected chi connectivity index (χ0v) is 12.3. The number of fused-ring (bicyclic) bond motifs is 2. The summed E-state index contributed by atoms with van der Waals surface area (Å²) in [7, 11) is 0. The van der Waals surface area contributed by atoms with Gasteiger partial charge in [-0.3, -0.25) is 5.84 Å². The van der Waals surface area contributed by atoms with Crippen molar-refractivity contribution in [3.63, 3.8) is 0 Å². The van der Waals surface area contributed by atoms with E-state index in [-0.39, 0.29) is 6.04 Å². The van der Waals surface area contributed by atoms with Gasteiger partial charge in [-0.05, 0) is 23.8 Å². The molecule has 0 aliphatic carbocycles. The second kappa shape index (κ2) is 5.22. The summed E-state index contributed by atoms with van der Waals surface area (Å²) in [5, 5.41) is 1.12. The van der Waals surface area contributed by atoms with Crippen LogP contribution in [0.15, 0.2) is 63.9 Å². The molecule has 2 unspecified atom stereocenters. The molecule has 4 rings (SSSR count). The molecule has 3 N–H and O–H groups in total. The van der Waals surface area contributed by atoms with Gasteiger partial charge in [0.2, 0.25) is 0 Å². The first-order valence-electron chi connectivity index (χ1n) is 7.03. The summed E-state index contributed by atoms with van der Waals surface area (Å²) in [6.45, 7) is 0. The largest absolute Gasteiger partial charge is 0.459 e. The summed E-state index contributed by atoms with van der Waals surface area (Å²) in [6, 6.07) is 18.7. The van der Waals surface area contributed by atoms with Gasteiger partial charge in [0.05, 0.1) is 6.04 Å². The predicted molar refractivity (Wildman–Crippen MR) is 86.2 cm³/mol. The van der Waals surface area contributed by atoms with Crippen molar-refractivity contribution in [1.82, 2.24) is 5.43 Å². The Labute approximate surface area is 127 Å². The van der Waals surface area contributed by atoms with Crippen molar-refractivity contribution < 1.29 is 4.42 Å². The minimum absolute atomic E-state index is 0.00597. The van der Waals surface area contributed by atoms with E-state index in [1.165, 1.54) is 10.5 Å². The molecule has 3 nitrogen and oxygen atoms in total. The first-order valence-corrected chi connectivity index (χ1v) is 8.01. The van der Waals surface area contributed by atoms with E-state index in [2.05, 4.69) is 41.8 Å². The van der Waals surface area contributed by atoms with Gasteiger partial charge in [0.25, 0.3) is 0 Å². The van der Waals surface area contributed by atoms with Crippen LogP contribution in [0.25, 0.3) is 11.0 Å². The third kappa shape index (κ3) is 2.16. The standard InChI is InChI=1S/C17H16N2OS/c18-19-17(13-10-21-16-8-4-2-6-12(13)16)15-9-11-5-1-3-7-14(11)20-15/h1-9,13,17,19H,10,18H2. The second-order valence-corrected chi connectivity index (χ2v) is 6.35. The van der Waals surface area contributed by atoms with E-state index >= 15 is 0 Å². The zero-order valence-electron chi connectivity index (χ0n) is 11.5. The molecule has 0 saturated carbocycles. The lowest BCUT2D eigenvalue weighted by atomic mass is 9.92. The molecule has 1 aromatic heterocycles. The number of hydrogen-bond acceptors (Lipinski definition) is 4. The molecule has 2 atom stereocenters. The molecule has 2 aromatic carbocycles. The SMILES string of the molecule is NNC(c1cc2ccccc2o1)C1CSc2ccccc21. The smallest absolute Gasteiger partial charge is 0.134 e. The van der Waals surface area contributed by atoms with Gasteiger partial charge in [0.15, 0.2) is 0 Å². The Morgan fingerprint density at radius 3 is 2.81 bits per heavy atom. The van der Waals surface area contributed by atoms with Gasteiger partial charge in [0, 0.05) is 22.0 Å². The highest BCUT2D eigenvalue weighted by Gasteiger charge is 2.32. The van der Waals surface area contributed by atoms with Crippen LogP contribution in [-0.4, -0.2) is 5.75 Å². The number of nitrogens with two attached hydrogens (primary N) is 1. The average molecular weight is 296 g/mol. The van der Waals surface area contributed by atoms with E-state index in [4.69, 9.17) is 10.3 Å². The van der Waals surface area contributed by atoms with Crippen molar-refractivity contribution >= 4 is 22.7 Å². The number of rotatable bonds is 3. The van der Waals surface area contributed by atoms with Crippen LogP contribution < -0.4 is 11.3 Å². The molecule has 0 bridgehead atoms. The minimum Gasteiger partial charge on any atom is -0.459 e. The van der Waals surface area contributed by atoms with E-state index in [9.17, 15) is 0 Å². The number of benzene rings is 2. The van der Waals surface area contributed by atoms with Gasteiger partial charge in [-0.2, -0.15) is 0 Å². The van der Waals surface area contributed by atoms with E-state index in [1.54, 1.807) is 0 Å². The van der Waals surface area contributed by atoms with Crippen molar-refractivity contribution in [2.75, 3.05) is 5.75 Å². The van der Waals surface area contributed by atoms with E-state index in [1.807, 2.05) is 30.0 Å². The number of para-hydroxylation sites is 1. The number of hydrazine groups is 1. The lowest BCUT2D eigenvalue weighted by Crippen LogP contribution is -2.32. The lowest BCUT2D eigenvalue weighted by Gasteiger charge is -2.21. The number of nitrogens with one attached hydrogen (secondary N) is 1. The highest BCUT2D eigenvalue weighted by Crippen LogP contribution is 2.45. The molecule has 0 fully saturated rings. The van der Waals surface area contributed by atoms with E-state index in [0.717, 1.165) is 22.5 Å². The van der Waals surface area contributed by atoms with Crippen molar-refractivity contribution in [1.29, 1.82) is 0 Å². The minimum atomic E-state index is -0.00597. The molecule has 0 radical (unpaired) electrons. The third-order valence-corrected chi connectivity index (χ3v) is 5.28. The molecule has 0 saturated heterocycles. The maximum Gasteiger partial charge on any atom is 0.134 e. The van der Waals surface area contributed by atoms with Gasteiger partial charge in [-0.25, -0.2) is 5.43 Å². The van der Waals surface area contributed by atoms with Crippen LogP contribution in [0.5, 0.6) is 0 Å². The van der Waals surface area contributed by atoms with Crippen LogP contribution in [0.1, 0.15) is 23.3 Å². The van der Waals surface area contributed by atoms with Crippen LogP contribution in [0, 0.1) is 0 Å². The summed E-state index contributed by atoms with van der Waals surface area (Å²) in [5.74, 6) is 8.10. The Kier molecular flexibility index (Phi) is 3.22. The van der Waals surface area contributed by atoms with Crippen LogP contribution in [0.3, 0.4) is 0 Å². The van der Waals surface area contributed by atoms with Crippen LogP contribution >= 0.6 is 11.8 Å². The second-order valence-electron chi connectivity index (χ2n) is 5.29. The summed E-state index contributed by atoms with van der Waals surface area (Å²) < 4.78 is 6.00. The normalized spacial score (nSPS) is 18.8. The molecule has 0 spiro atoms. The molecule has 1 aliphatic heterocycles. The number of thioether (sulfide) groups is 1. The Morgan fingerprint density at radius 1 is 1.14 bits per heavy atom.